The first-order valence-electron chi connectivity index (χ1n) is 11.4. The summed E-state index contributed by atoms with van der Waals surface area (Å²) in [4.78, 5) is 26.7. The van der Waals surface area contributed by atoms with E-state index in [1.807, 2.05) is 0 Å². The fraction of sp³-hybridized carbons (Fsp3) is 0.308. The van der Waals surface area contributed by atoms with Gasteiger partial charge in [-0.3, -0.25) is 9.59 Å². The van der Waals surface area contributed by atoms with Crippen LogP contribution in [0.2, 0.25) is 0 Å². The van der Waals surface area contributed by atoms with E-state index < -0.39 is 0 Å². The maximum absolute atomic E-state index is 12.6. The Labute approximate surface area is 210 Å². The molecule has 0 atom stereocenters. The number of hydrogen-bond acceptors (Lipinski definition) is 8. The maximum Gasteiger partial charge on any atom is 0.248 e. The Kier molecular flexibility index (Phi) is 9.58. The van der Waals surface area contributed by atoms with Crippen LogP contribution in [-0.2, 0) is 9.59 Å². The second-order valence-electron chi connectivity index (χ2n) is 7.74. The van der Waals surface area contributed by atoms with E-state index in [1.165, 1.54) is 26.4 Å². The number of amides is 2. The maximum atomic E-state index is 12.6. The number of hydrogen-bond donors (Lipinski definition) is 3. The Bertz CT molecular complexity index is 1100. The molecule has 0 aromatic heterocycles. The molecule has 1 aliphatic rings. The largest absolute Gasteiger partial charge is 0.496 e. The van der Waals surface area contributed by atoms with E-state index in [9.17, 15) is 9.59 Å². The lowest BCUT2D eigenvalue weighted by molar-refractivity contribution is -0.126. The zero-order valence-electron chi connectivity index (χ0n) is 20.9. The van der Waals surface area contributed by atoms with Gasteiger partial charge in [-0.2, -0.15) is 0 Å². The van der Waals surface area contributed by atoms with Gasteiger partial charge in [-0.15, -0.1) is 0 Å². The molecular weight excluding hydrogens is 464 g/mol. The molecule has 10 nitrogen and oxygen atoms in total. The average molecular weight is 497 g/mol. The van der Waals surface area contributed by atoms with E-state index in [4.69, 9.17) is 18.9 Å². The van der Waals surface area contributed by atoms with Crippen molar-refractivity contribution in [3.8, 4) is 23.0 Å². The highest BCUT2D eigenvalue weighted by atomic mass is 16.5. The monoisotopic (exact) mass is 496 g/mol. The zero-order valence-corrected chi connectivity index (χ0v) is 20.9. The molecule has 10 heteroatoms. The van der Waals surface area contributed by atoms with Crippen molar-refractivity contribution in [3.63, 3.8) is 0 Å². The van der Waals surface area contributed by atoms with Gasteiger partial charge in [0.2, 0.25) is 11.8 Å². The smallest absolute Gasteiger partial charge is 0.248 e. The van der Waals surface area contributed by atoms with Crippen molar-refractivity contribution in [2.75, 3.05) is 65.3 Å². The molecule has 1 heterocycles. The summed E-state index contributed by atoms with van der Waals surface area (Å²) < 4.78 is 21.5. The van der Waals surface area contributed by atoms with E-state index >= 15 is 0 Å². The molecule has 192 valence electrons. The van der Waals surface area contributed by atoms with Crippen LogP contribution in [-0.4, -0.2) is 71.3 Å². The molecule has 0 unspecified atom stereocenters. The summed E-state index contributed by atoms with van der Waals surface area (Å²) in [6, 6.07) is 8.59. The van der Waals surface area contributed by atoms with Crippen LogP contribution in [0.3, 0.4) is 0 Å². The number of rotatable bonds is 10. The van der Waals surface area contributed by atoms with Crippen molar-refractivity contribution in [2.45, 2.75) is 0 Å². The molecule has 0 bridgehead atoms. The minimum Gasteiger partial charge on any atom is -0.496 e. The standard InChI is InChI=1S/C26H32N4O6/c1-33-19-16-23(35-3)20(24(17-19)36-4)6-8-25(31)29-18-5-7-22(34-2)21(15-18)28-10-9-26(32)30-13-11-27-12-14-30/h5-10,15-17,27-28H,11-14H2,1-4H3,(H,29,31)/b8-6+,10-9-. The third-order valence-corrected chi connectivity index (χ3v) is 5.51. The minimum atomic E-state index is -0.351. The predicted octanol–water partition coefficient (Wildman–Crippen LogP) is 2.73. The van der Waals surface area contributed by atoms with Crippen molar-refractivity contribution in [3.05, 3.63) is 54.2 Å². The predicted molar refractivity (Wildman–Crippen MR) is 139 cm³/mol. The number of nitrogens with zero attached hydrogens (tertiary/aromatic N) is 1. The molecule has 2 amide bonds. The summed E-state index contributed by atoms with van der Waals surface area (Å²) in [5.74, 6) is 1.74. The fourth-order valence-electron chi connectivity index (χ4n) is 3.63. The zero-order chi connectivity index (χ0) is 25.9. The van der Waals surface area contributed by atoms with Gasteiger partial charge in [0.05, 0.1) is 39.7 Å². The van der Waals surface area contributed by atoms with Crippen LogP contribution in [0.15, 0.2) is 48.7 Å². The molecule has 0 radical (unpaired) electrons. The van der Waals surface area contributed by atoms with Gasteiger partial charge >= 0.3 is 0 Å². The Morgan fingerprint density at radius 1 is 0.889 bits per heavy atom. The Balaban J connectivity index is 1.69. The number of carbonyl (C=O) groups excluding carboxylic acids is 2. The Morgan fingerprint density at radius 2 is 1.56 bits per heavy atom. The van der Waals surface area contributed by atoms with E-state index in [1.54, 1.807) is 61.7 Å². The van der Waals surface area contributed by atoms with Gasteiger partial charge in [-0.1, -0.05) is 0 Å². The van der Waals surface area contributed by atoms with Crippen LogP contribution in [0.25, 0.3) is 6.08 Å². The third kappa shape index (κ3) is 6.92. The van der Waals surface area contributed by atoms with Gasteiger partial charge in [0, 0.05) is 62.4 Å². The molecule has 0 aliphatic carbocycles. The molecule has 2 aromatic rings. The first-order chi connectivity index (χ1) is 17.5. The summed E-state index contributed by atoms with van der Waals surface area (Å²) in [6.45, 7) is 2.93. The van der Waals surface area contributed by atoms with Crippen molar-refractivity contribution < 1.29 is 28.5 Å². The summed E-state index contributed by atoms with van der Waals surface area (Å²) >= 11 is 0. The summed E-state index contributed by atoms with van der Waals surface area (Å²) in [5.41, 5.74) is 1.75. The highest BCUT2D eigenvalue weighted by Gasteiger charge is 2.14. The van der Waals surface area contributed by atoms with Gasteiger partial charge in [0.15, 0.2) is 0 Å². The van der Waals surface area contributed by atoms with Crippen LogP contribution in [0.1, 0.15) is 5.56 Å². The van der Waals surface area contributed by atoms with Crippen molar-refractivity contribution >= 4 is 29.3 Å². The second kappa shape index (κ2) is 13.1. The summed E-state index contributed by atoms with van der Waals surface area (Å²) in [6.07, 6.45) is 6.04. The van der Waals surface area contributed by atoms with Gasteiger partial charge in [-0.05, 0) is 24.3 Å². The lowest BCUT2D eigenvalue weighted by Gasteiger charge is -2.26. The summed E-state index contributed by atoms with van der Waals surface area (Å²) in [5, 5.41) is 9.10. The molecule has 3 N–H and O–H groups in total. The third-order valence-electron chi connectivity index (χ3n) is 5.51. The molecule has 1 saturated heterocycles. The van der Waals surface area contributed by atoms with E-state index in [0.29, 0.717) is 53.0 Å². The molecule has 3 rings (SSSR count). The molecular formula is C26H32N4O6. The first-order valence-corrected chi connectivity index (χ1v) is 11.4. The number of benzene rings is 2. The number of nitrogens with one attached hydrogen (secondary N) is 3. The van der Waals surface area contributed by atoms with Gasteiger partial charge in [-0.25, -0.2) is 0 Å². The second-order valence-corrected chi connectivity index (χ2v) is 7.74. The first kappa shape index (κ1) is 26.4. The lowest BCUT2D eigenvalue weighted by Crippen LogP contribution is -2.45. The molecule has 1 fully saturated rings. The highest BCUT2D eigenvalue weighted by Crippen LogP contribution is 2.35. The van der Waals surface area contributed by atoms with Gasteiger partial charge in [0.1, 0.15) is 23.0 Å². The molecule has 1 aliphatic heterocycles. The van der Waals surface area contributed by atoms with Crippen LogP contribution in [0.4, 0.5) is 11.4 Å². The molecule has 2 aromatic carbocycles. The Hall–Kier alpha value is -4.18. The Morgan fingerprint density at radius 3 is 2.17 bits per heavy atom. The number of methoxy groups -OCH3 is 4. The normalized spacial score (nSPS) is 13.5. The van der Waals surface area contributed by atoms with Crippen LogP contribution < -0.4 is 34.9 Å². The molecule has 36 heavy (non-hydrogen) atoms. The van der Waals surface area contributed by atoms with Crippen LogP contribution in [0.5, 0.6) is 23.0 Å². The average Bonchev–Trinajstić information content (AvgIpc) is 2.91. The SMILES string of the molecule is COc1cc(OC)c(/C=C/C(=O)Nc2ccc(OC)c(N/C=C\C(=O)N3CCNCC3)c2)c(OC)c1. The topological polar surface area (TPSA) is 110 Å². The highest BCUT2D eigenvalue weighted by molar-refractivity contribution is 6.02. The fourth-order valence-corrected chi connectivity index (χ4v) is 3.63. The van der Waals surface area contributed by atoms with E-state index in [0.717, 1.165) is 13.1 Å². The van der Waals surface area contributed by atoms with Crippen molar-refractivity contribution in [1.29, 1.82) is 0 Å². The van der Waals surface area contributed by atoms with E-state index in [-0.39, 0.29) is 11.8 Å². The van der Waals surface area contributed by atoms with Gasteiger partial charge in [0.25, 0.3) is 0 Å². The molecule has 0 saturated carbocycles. The van der Waals surface area contributed by atoms with Crippen LogP contribution in [0, 0.1) is 0 Å². The van der Waals surface area contributed by atoms with Crippen molar-refractivity contribution in [2.24, 2.45) is 0 Å². The summed E-state index contributed by atoms with van der Waals surface area (Å²) in [7, 11) is 6.16. The van der Waals surface area contributed by atoms with Crippen molar-refractivity contribution in [1.82, 2.24) is 10.2 Å². The van der Waals surface area contributed by atoms with Gasteiger partial charge < -0.3 is 39.8 Å². The lowest BCUT2D eigenvalue weighted by atomic mass is 10.1. The minimum absolute atomic E-state index is 0.0676. The molecule has 0 spiro atoms. The quantitative estimate of drug-likeness (QED) is 0.431. The number of carbonyl (C=O) groups is 2. The van der Waals surface area contributed by atoms with E-state index in [2.05, 4.69) is 16.0 Å². The van der Waals surface area contributed by atoms with Crippen LogP contribution >= 0.6 is 0 Å². The number of anilines is 2. The number of piperazine rings is 1. The number of ether oxygens (including phenoxy) is 4.